The molecule has 4 aromatic carbocycles. The van der Waals surface area contributed by atoms with E-state index in [-0.39, 0.29) is 0 Å². The molecule has 0 unspecified atom stereocenters. The van der Waals surface area contributed by atoms with Crippen LogP contribution in [-0.4, -0.2) is 42.5 Å². The largest absolute Gasteiger partial charge is 0.301 e. The average molecular weight is 447 g/mol. The highest BCUT2D eigenvalue weighted by Crippen LogP contribution is 2.31. The maximum Gasteiger partial charge on any atom is 0.0602 e. The van der Waals surface area contributed by atoms with Gasteiger partial charge in [-0.05, 0) is 35.2 Å². The number of hydrogen-bond acceptors (Lipinski definition) is 2. The van der Waals surface area contributed by atoms with Gasteiger partial charge in [0, 0.05) is 32.1 Å². The highest BCUT2D eigenvalue weighted by molar-refractivity contribution is 5.33. The quantitative estimate of drug-likeness (QED) is 0.300. The van der Waals surface area contributed by atoms with Gasteiger partial charge in [0.05, 0.1) is 6.04 Å². The van der Waals surface area contributed by atoms with Crippen LogP contribution in [0.4, 0.5) is 0 Å². The lowest BCUT2D eigenvalue weighted by Gasteiger charge is -2.40. The van der Waals surface area contributed by atoms with E-state index >= 15 is 0 Å². The maximum absolute atomic E-state index is 2.66. The molecule has 1 aliphatic heterocycles. The summed E-state index contributed by atoms with van der Waals surface area (Å²) in [7, 11) is 0. The van der Waals surface area contributed by atoms with E-state index in [1.165, 1.54) is 22.3 Å². The van der Waals surface area contributed by atoms with Gasteiger partial charge in [-0.1, -0.05) is 121 Å². The minimum Gasteiger partial charge on any atom is -0.301 e. The van der Waals surface area contributed by atoms with Gasteiger partial charge in [0.2, 0.25) is 0 Å². The summed E-state index contributed by atoms with van der Waals surface area (Å²) in [6.45, 7) is 5.55. The Hall–Kier alpha value is -3.20. The topological polar surface area (TPSA) is 6.48 Å². The van der Waals surface area contributed by atoms with Crippen LogP contribution in [0.3, 0.4) is 0 Å². The molecule has 1 saturated heterocycles. The second-order valence-electron chi connectivity index (χ2n) is 9.26. The summed E-state index contributed by atoms with van der Waals surface area (Å²) in [6, 6.07) is 44.3. The number of hydrogen-bond donors (Lipinski definition) is 0. The van der Waals surface area contributed by atoms with E-state index in [2.05, 4.69) is 131 Å². The molecule has 5 rings (SSSR count). The summed E-state index contributed by atoms with van der Waals surface area (Å²) < 4.78 is 0. The van der Waals surface area contributed by atoms with Crippen LogP contribution in [0.1, 0.15) is 40.6 Å². The Morgan fingerprint density at radius 3 is 1.26 bits per heavy atom. The predicted octanol–water partition coefficient (Wildman–Crippen LogP) is 6.62. The number of rotatable bonds is 8. The first-order valence-corrected chi connectivity index (χ1v) is 12.5. The molecule has 0 bridgehead atoms. The first kappa shape index (κ1) is 22.6. The van der Waals surface area contributed by atoms with Gasteiger partial charge in [-0.15, -0.1) is 0 Å². The second-order valence-corrected chi connectivity index (χ2v) is 9.26. The molecule has 1 fully saturated rings. The molecule has 172 valence electrons. The molecule has 0 radical (unpaired) electrons. The van der Waals surface area contributed by atoms with Gasteiger partial charge in [0.1, 0.15) is 0 Å². The van der Waals surface area contributed by atoms with Crippen molar-refractivity contribution in [1.29, 1.82) is 0 Å². The van der Waals surface area contributed by atoms with Crippen LogP contribution >= 0.6 is 0 Å². The van der Waals surface area contributed by atoms with Crippen molar-refractivity contribution in [2.75, 3.05) is 32.7 Å². The standard InChI is InChI=1S/C32H34N2/c1-5-13-27(14-6-1)31(28-15-7-2-8-16-28)21-22-33-23-25-34(26-24-33)32(29-17-9-3-10-18-29)30-19-11-4-12-20-30/h1-20,31-32H,21-26H2. The molecule has 0 spiro atoms. The summed E-state index contributed by atoms with van der Waals surface area (Å²) in [5.74, 6) is 0.446. The van der Waals surface area contributed by atoms with Gasteiger partial charge in [-0.25, -0.2) is 0 Å². The lowest BCUT2D eigenvalue weighted by molar-refractivity contribution is 0.108. The first-order valence-electron chi connectivity index (χ1n) is 12.5. The molecule has 34 heavy (non-hydrogen) atoms. The van der Waals surface area contributed by atoms with Crippen molar-refractivity contribution in [2.24, 2.45) is 0 Å². The van der Waals surface area contributed by atoms with Gasteiger partial charge in [-0.3, -0.25) is 4.90 Å². The van der Waals surface area contributed by atoms with Crippen molar-refractivity contribution < 1.29 is 0 Å². The Labute approximate surface area is 204 Å². The predicted molar refractivity (Wildman–Crippen MR) is 142 cm³/mol. The first-order chi connectivity index (χ1) is 16.9. The highest BCUT2D eigenvalue weighted by atomic mass is 15.3. The van der Waals surface area contributed by atoms with Crippen LogP contribution in [0.2, 0.25) is 0 Å². The van der Waals surface area contributed by atoms with Crippen LogP contribution in [0.25, 0.3) is 0 Å². The summed E-state index contributed by atoms with van der Waals surface area (Å²) in [5, 5.41) is 0. The zero-order valence-electron chi connectivity index (χ0n) is 19.8. The normalized spacial score (nSPS) is 15.1. The van der Waals surface area contributed by atoms with Gasteiger partial charge in [0.25, 0.3) is 0 Å². The van der Waals surface area contributed by atoms with Crippen LogP contribution in [0.15, 0.2) is 121 Å². The monoisotopic (exact) mass is 446 g/mol. The molecular formula is C32H34N2. The van der Waals surface area contributed by atoms with Gasteiger partial charge < -0.3 is 4.90 Å². The molecule has 2 heteroatoms. The highest BCUT2D eigenvalue weighted by Gasteiger charge is 2.26. The van der Waals surface area contributed by atoms with Gasteiger partial charge in [-0.2, -0.15) is 0 Å². The number of nitrogens with zero attached hydrogens (tertiary/aromatic N) is 2. The van der Waals surface area contributed by atoms with Crippen LogP contribution in [0, 0.1) is 0 Å². The molecule has 4 aromatic rings. The molecule has 1 aliphatic rings. The van der Waals surface area contributed by atoms with Gasteiger partial charge >= 0.3 is 0 Å². The Bertz CT molecular complexity index is 1030. The van der Waals surface area contributed by atoms with Crippen molar-refractivity contribution in [3.63, 3.8) is 0 Å². The van der Waals surface area contributed by atoms with E-state index in [0.717, 1.165) is 39.1 Å². The summed E-state index contributed by atoms with van der Waals surface area (Å²) in [6.07, 6.45) is 1.15. The summed E-state index contributed by atoms with van der Waals surface area (Å²) >= 11 is 0. The Morgan fingerprint density at radius 1 is 0.471 bits per heavy atom. The molecule has 0 N–H and O–H groups in total. The second kappa shape index (κ2) is 11.3. The lowest BCUT2D eigenvalue weighted by Crippen LogP contribution is -2.48. The minimum absolute atomic E-state index is 0.325. The smallest absolute Gasteiger partial charge is 0.0602 e. The Morgan fingerprint density at radius 2 is 0.853 bits per heavy atom. The van der Waals surface area contributed by atoms with E-state index in [1.807, 2.05) is 0 Å². The van der Waals surface area contributed by atoms with Crippen molar-refractivity contribution in [2.45, 2.75) is 18.4 Å². The van der Waals surface area contributed by atoms with E-state index < -0.39 is 0 Å². The third kappa shape index (κ3) is 5.47. The third-order valence-corrected chi connectivity index (χ3v) is 7.14. The van der Waals surface area contributed by atoms with Crippen molar-refractivity contribution in [1.82, 2.24) is 9.80 Å². The molecule has 0 aromatic heterocycles. The fourth-order valence-electron chi connectivity index (χ4n) is 5.34. The van der Waals surface area contributed by atoms with Crippen LogP contribution in [0.5, 0.6) is 0 Å². The fraction of sp³-hybridized carbons (Fsp3) is 0.250. The Kier molecular flexibility index (Phi) is 7.50. The molecule has 1 heterocycles. The van der Waals surface area contributed by atoms with E-state index in [4.69, 9.17) is 0 Å². The molecule has 0 aliphatic carbocycles. The van der Waals surface area contributed by atoms with E-state index in [9.17, 15) is 0 Å². The molecule has 0 saturated carbocycles. The SMILES string of the molecule is c1ccc(C(CCN2CCN(C(c3ccccc3)c3ccccc3)CC2)c2ccccc2)cc1. The van der Waals surface area contributed by atoms with E-state index in [1.54, 1.807) is 0 Å². The van der Waals surface area contributed by atoms with Gasteiger partial charge in [0.15, 0.2) is 0 Å². The zero-order chi connectivity index (χ0) is 23.0. The molecular weight excluding hydrogens is 412 g/mol. The Balaban J connectivity index is 1.25. The summed E-state index contributed by atoms with van der Waals surface area (Å²) in [4.78, 5) is 5.31. The summed E-state index contributed by atoms with van der Waals surface area (Å²) in [5.41, 5.74) is 5.60. The number of benzene rings is 4. The average Bonchev–Trinajstić information content (AvgIpc) is 2.92. The lowest BCUT2D eigenvalue weighted by atomic mass is 9.88. The molecule has 0 atom stereocenters. The molecule has 2 nitrogen and oxygen atoms in total. The van der Waals surface area contributed by atoms with Crippen LogP contribution < -0.4 is 0 Å². The minimum atomic E-state index is 0.325. The van der Waals surface area contributed by atoms with E-state index in [0.29, 0.717) is 12.0 Å². The van der Waals surface area contributed by atoms with Crippen molar-refractivity contribution >= 4 is 0 Å². The fourth-order valence-corrected chi connectivity index (χ4v) is 5.34. The molecule has 0 amide bonds. The number of piperazine rings is 1. The third-order valence-electron chi connectivity index (χ3n) is 7.14. The van der Waals surface area contributed by atoms with Crippen molar-refractivity contribution in [3.05, 3.63) is 144 Å². The zero-order valence-corrected chi connectivity index (χ0v) is 19.8. The maximum atomic E-state index is 2.66. The van der Waals surface area contributed by atoms with Crippen LogP contribution in [-0.2, 0) is 0 Å². The van der Waals surface area contributed by atoms with Crippen molar-refractivity contribution in [3.8, 4) is 0 Å².